The lowest BCUT2D eigenvalue weighted by Crippen LogP contribution is -2.43. The third-order valence-corrected chi connectivity index (χ3v) is 3.66. The van der Waals surface area contributed by atoms with Crippen molar-refractivity contribution in [3.05, 3.63) is 23.9 Å². The van der Waals surface area contributed by atoms with Gasteiger partial charge in [0.05, 0.1) is 0 Å². The van der Waals surface area contributed by atoms with Gasteiger partial charge in [0.1, 0.15) is 5.82 Å². The van der Waals surface area contributed by atoms with Gasteiger partial charge < -0.3 is 5.73 Å². The Morgan fingerprint density at radius 1 is 1.38 bits per heavy atom. The fourth-order valence-corrected chi connectivity index (χ4v) is 2.57. The number of likely N-dealkylation sites (tertiary alicyclic amines) is 1. The van der Waals surface area contributed by atoms with Gasteiger partial charge in [-0.05, 0) is 32.8 Å². The molecule has 1 saturated heterocycles. The van der Waals surface area contributed by atoms with Crippen LogP contribution in [0, 0.1) is 0 Å². The van der Waals surface area contributed by atoms with Crippen molar-refractivity contribution in [1.82, 2.24) is 9.88 Å². The Hall–Kier alpha value is -1.09. The van der Waals surface area contributed by atoms with E-state index < -0.39 is 0 Å². The lowest BCUT2D eigenvalue weighted by Gasteiger charge is -2.39. The summed E-state index contributed by atoms with van der Waals surface area (Å²) in [6.07, 6.45) is 5.69. The van der Waals surface area contributed by atoms with Crippen LogP contribution < -0.4 is 5.73 Å². The van der Waals surface area contributed by atoms with Crippen molar-refractivity contribution in [3.8, 4) is 0 Å². The molecule has 0 aromatic carbocycles. The SMILES string of the molecule is C[C@@H]1CCC[C@H](C)N1Cc1cccnc1N. The van der Waals surface area contributed by atoms with E-state index in [1.54, 1.807) is 6.20 Å². The Balaban J connectivity index is 2.11. The van der Waals surface area contributed by atoms with Crippen LogP contribution in [0.1, 0.15) is 38.7 Å². The smallest absolute Gasteiger partial charge is 0.127 e. The van der Waals surface area contributed by atoms with E-state index in [9.17, 15) is 0 Å². The summed E-state index contributed by atoms with van der Waals surface area (Å²) in [7, 11) is 0. The predicted octanol–water partition coefficient (Wildman–Crippen LogP) is 2.43. The first-order chi connectivity index (χ1) is 7.68. The topological polar surface area (TPSA) is 42.2 Å². The van der Waals surface area contributed by atoms with Gasteiger partial charge in [0.2, 0.25) is 0 Å². The molecule has 1 aliphatic rings. The molecule has 0 bridgehead atoms. The van der Waals surface area contributed by atoms with Crippen LogP contribution in [0.4, 0.5) is 5.82 Å². The van der Waals surface area contributed by atoms with E-state index in [1.807, 2.05) is 6.07 Å². The molecule has 0 saturated carbocycles. The monoisotopic (exact) mass is 219 g/mol. The Morgan fingerprint density at radius 3 is 2.69 bits per heavy atom. The number of pyridine rings is 1. The van der Waals surface area contributed by atoms with E-state index in [0.717, 1.165) is 12.1 Å². The maximum atomic E-state index is 5.89. The summed E-state index contributed by atoms with van der Waals surface area (Å²) in [5.74, 6) is 0.674. The largest absolute Gasteiger partial charge is 0.383 e. The Kier molecular flexibility index (Phi) is 3.44. The molecule has 0 aliphatic carbocycles. The molecule has 2 atom stereocenters. The molecule has 3 nitrogen and oxygen atoms in total. The zero-order valence-corrected chi connectivity index (χ0v) is 10.2. The lowest BCUT2D eigenvalue weighted by atomic mass is 9.97. The third kappa shape index (κ3) is 2.35. The molecule has 0 amide bonds. The highest BCUT2D eigenvalue weighted by atomic mass is 15.2. The van der Waals surface area contributed by atoms with Crippen molar-refractivity contribution in [3.63, 3.8) is 0 Å². The van der Waals surface area contributed by atoms with E-state index in [2.05, 4.69) is 29.8 Å². The molecule has 1 aromatic heterocycles. The number of hydrogen-bond donors (Lipinski definition) is 1. The number of nitrogens with two attached hydrogens (primary N) is 1. The second kappa shape index (κ2) is 4.83. The summed E-state index contributed by atoms with van der Waals surface area (Å²) in [5.41, 5.74) is 7.05. The molecule has 0 unspecified atom stereocenters. The first-order valence-corrected chi connectivity index (χ1v) is 6.13. The molecule has 88 valence electrons. The number of nitrogen functional groups attached to an aromatic ring is 1. The number of hydrogen-bond acceptors (Lipinski definition) is 3. The highest BCUT2D eigenvalue weighted by Crippen LogP contribution is 2.25. The third-order valence-electron chi connectivity index (χ3n) is 3.66. The van der Waals surface area contributed by atoms with Gasteiger partial charge >= 0.3 is 0 Å². The highest BCUT2D eigenvalue weighted by molar-refractivity contribution is 5.38. The average molecular weight is 219 g/mol. The number of aromatic nitrogens is 1. The van der Waals surface area contributed by atoms with Crippen molar-refractivity contribution >= 4 is 5.82 Å². The van der Waals surface area contributed by atoms with Crippen LogP contribution >= 0.6 is 0 Å². The standard InChI is InChI=1S/C13H21N3/c1-10-5-3-6-11(2)16(10)9-12-7-4-8-15-13(12)14/h4,7-8,10-11H,3,5-6,9H2,1-2H3,(H2,14,15)/t10-,11+. The van der Waals surface area contributed by atoms with E-state index in [-0.39, 0.29) is 0 Å². The van der Waals surface area contributed by atoms with Gasteiger partial charge in [-0.2, -0.15) is 0 Å². The Bertz CT molecular complexity index is 341. The minimum absolute atomic E-state index is 0.656. The van der Waals surface area contributed by atoms with Crippen LogP contribution in [-0.2, 0) is 6.54 Å². The van der Waals surface area contributed by atoms with Crippen molar-refractivity contribution in [1.29, 1.82) is 0 Å². The highest BCUT2D eigenvalue weighted by Gasteiger charge is 2.24. The zero-order chi connectivity index (χ0) is 11.5. The zero-order valence-electron chi connectivity index (χ0n) is 10.2. The van der Waals surface area contributed by atoms with Gasteiger partial charge in [-0.15, -0.1) is 0 Å². The summed E-state index contributed by atoms with van der Waals surface area (Å²) in [6, 6.07) is 5.35. The summed E-state index contributed by atoms with van der Waals surface area (Å²) in [5, 5.41) is 0. The number of piperidine rings is 1. The Labute approximate surface area is 97.7 Å². The summed E-state index contributed by atoms with van der Waals surface area (Å²) in [4.78, 5) is 6.68. The molecule has 2 heterocycles. The van der Waals surface area contributed by atoms with E-state index >= 15 is 0 Å². The first kappa shape index (κ1) is 11.4. The van der Waals surface area contributed by atoms with Crippen LogP contribution in [0.5, 0.6) is 0 Å². The van der Waals surface area contributed by atoms with Crippen molar-refractivity contribution in [2.45, 2.75) is 51.7 Å². The number of anilines is 1. The van der Waals surface area contributed by atoms with Crippen LogP contribution in [-0.4, -0.2) is 22.0 Å². The van der Waals surface area contributed by atoms with Gasteiger partial charge in [-0.3, -0.25) is 4.90 Å². The van der Waals surface area contributed by atoms with Crippen LogP contribution in [0.15, 0.2) is 18.3 Å². The van der Waals surface area contributed by atoms with Crippen molar-refractivity contribution in [2.75, 3.05) is 5.73 Å². The van der Waals surface area contributed by atoms with Gasteiger partial charge in [0, 0.05) is 30.4 Å². The second-order valence-corrected chi connectivity index (χ2v) is 4.85. The first-order valence-electron chi connectivity index (χ1n) is 6.13. The molecular weight excluding hydrogens is 198 g/mol. The predicted molar refractivity (Wildman–Crippen MR) is 67.0 cm³/mol. The molecule has 1 aromatic rings. The fraction of sp³-hybridized carbons (Fsp3) is 0.615. The van der Waals surface area contributed by atoms with E-state index in [1.165, 1.54) is 19.3 Å². The van der Waals surface area contributed by atoms with E-state index in [4.69, 9.17) is 5.73 Å². The molecule has 2 N–H and O–H groups in total. The Morgan fingerprint density at radius 2 is 2.06 bits per heavy atom. The quantitative estimate of drug-likeness (QED) is 0.830. The summed E-state index contributed by atoms with van der Waals surface area (Å²) in [6.45, 7) is 5.55. The molecule has 1 fully saturated rings. The molecule has 3 heteroatoms. The maximum absolute atomic E-state index is 5.89. The minimum Gasteiger partial charge on any atom is -0.383 e. The van der Waals surface area contributed by atoms with Crippen molar-refractivity contribution < 1.29 is 0 Å². The fourth-order valence-electron chi connectivity index (χ4n) is 2.57. The molecule has 16 heavy (non-hydrogen) atoms. The average Bonchev–Trinajstić information content (AvgIpc) is 2.26. The molecule has 0 spiro atoms. The van der Waals surface area contributed by atoms with Gasteiger partial charge in [-0.1, -0.05) is 12.5 Å². The van der Waals surface area contributed by atoms with Gasteiger partial charge in [0.25, 0.3) is 0 Å². The van der Waals surface area contributed by atoms with Crippen molar-refractivity contribution in [2.24, 2.45) is 0 Å². The van der Waals surface area contributed by atoms with Crippen LogP contribution in [0.2, 0.25) is 0 Å². The molecule has 1 aliphatic heterocycles. The number of rotatable bonds is 2. The normalized spacial score (nSPS) is 26.9. The summed E-state index contributed by atoms with van der Waals surface area (Å²) >= 11 is 0. The van der Waals surface area contributed by atoms with Crippen LogP contribution in [0.3, 0.4) is 0 Å². The second-order valence-electron chi connectivity index (χ2n) is 4.85. The molecular formula is C13H21N3. The minimum atomic E-state index is 0.656. The maximum Gasteiger partial charge on any atom is 0.127 e. The molecule has 0 radical (unpaired) electrons. The summed E-state index contributed by atoms with van der Waals surface area (Å²) < 4.78 is 0. The molecule has 2 rings (SSSR count). The van der Waals surface area contributed by atoms with Gasteiger partial charge in [0.15, 0.2) is 0 Å². The lowest BCUT2D eigenvalue weighted by molar-refractivity contribution is 0.0954. The van der Waals surface area contributed by atoms with E-state index in [0.29, 0.717) is 17.9 Å². The van der Waals surface area contributed by atoms with Gasteiger partial charge in [-0.25, -0.2) is 4.98 Å². The number of nitrogens with zero attached hydrogens (tertiary/aromatic N) is 2. The van der Waals surface area contributed by atoms with Crippen LogP contribution in [0.25, 0.3) is 0 Å².